The minimum atomic E-state index is -0.897. The van der Waals surface area contributed by atoms with Crippen molar-refractivity contribution in [3.8, 4) is 5.75 Å². The molecule has 6 nitrogen and oxygen atoms in total. The van der Waals surface area contributed by atoms with E-state index in [9.17, 15) is 14.7 Å². The predicted molar refractivity (Wildman–Crippen MR) is 91.0 cm³/mol. The molecule has 1 amide bonds. The summed E-state index contributed by atoms with van der Waals surface area (Å²) in [5, 5.41) is 9.83. The van der Waals surface area contributed by atoms with E-state index in [0.717, 1.165) is 6.42 Å². The summed E-state index contributed by atoms with van der Waals surface area (Å²) in [6.45, 7) is 7.78. The van der Waals surface area contributed by atoms with E-state index in [2.05, 4.69) is 0 Å². The number of hydrogen-bond donors (Lipinski definition) is 1. The van der Waals surface area contributed by atoms with Crippen LogP contribution < -0.4 is 4.74 Å². The van der Waals surface area contributed by atoms with Gasteiger partial charge in [-0.1, -0.05) is 18.2 Å². The Morgan fingerprint density at radius 3 is 2.46 bits per heavy atom. The van der Waals surface area contributed by atoms with E-state index in [-0.39, 0.29) is 12.0 Å². The van der Waals surface area contributed by atoms with E-state index in [1.807, 2.05) is 43.0 Å². The molecule has 0 aromatic heterocycles. The van der Waals surface area contributed by atoms with Gasteiger partial charge in [-0.15, -0.1) is 0 Å². The third-order valence-electron chi connectivity index (χ3n) is 4.15. The maximum absolute atomic E-state index is 12.0. The third-order valence-corrected chi connectivity index (χ3v) is 4.15. The van der Waals surface area contributed by atoms with Crippen molar-refractivity contribution in [1.82, 2.24) is 9.80 Å². The first-order valence-electron chi connectivity index (χ1n) is 8.38. The molecule has 24 heavy (non-hydrogen) atoms. The zero-order valence-electron chi connectivity index (χ0n) is 14.6. The first kappa shape index (κ1) is 18.3. The van der Waals surface area contributed by atoms with E-state index in [1.165, 1.54) is 0 Å². The average Bonchev–Trinajstić information content (AvgIpc) is 2.74. The monoisotopic (exact) mass is 334 g/mol. The molecule has 132 valence electrons. The summed E-state index contributed by atoms with van der Waals surface area (Å²) in [6.07, 6.45) is 0.731. The first-order chi connectivity index (χ1) is 11.4. The summed E-state index contributed by atoms with van der Waals surface area (Å²) in [4.78, 5) is 27.3. The molecule has 1 aromatic rings. The Hall–Kier alpha value is -2.08. The molecular formula is C18H26N2O4. The van der Waals surface area contributed by atoms with Gasteiger partial charge in [0.1, 0.15) is 11.8 Å². The molecule has 1 aromatic carbocycles. The van der Waals surface area contributed by atoms with Gasteiger partial charge in [0.05, 0.1) is 6.10 Å². The molecule has 0 aliphatic carbocycles. The van der Waals surface area contributed by atoms with Crippen LogP contribution in [0, 0.1) is 0 Å². The van der Waals surface area contributed by atoms with Gasteiger partial charge in [-0.25, -0.2) is 0 Å². The number of carboxylic acid groups (broad SMARTS) is 1. The average molecular weight is 334 g/mol. The molecule has 1 N–H and O–H groups in total. The maximum Gasteiger partial charge on any atom is 0.325 e. The van der Waals surface area contributed by atoms with Crippen molar-refractivity contribution >= 4 is 11.9 Å². The molecule has 0 radical (unpaired) electrons. The SMILES string of the molecule is CC(=O)N1CCCN(C(C(=O)O)c2ccccc2OC(C)C)CC1. The van der Waals surface area contributed by atoms with Gasteiger partial charge in [-0.3, -0.25) is 14.5 Å². The van der Waals surface area contributed by atoms with Crippen molar-refractivity contribution in [2.75, 3.05) is 26.2 Å². The number of carbonyl (C=O) groups excluding carboxylic acids is 1. The Balaban J connectivity index is 2.27. The van der Waals surface area contributed by atoms with Crippen molar-refractivity contribution in [3.05, 3.63) is 29.8 Å². The molecule has 1 aliphatic heterocycles. The Morgan fingerprint density at radius 1 is 1.12 bits per heavy atom. The van der Waals surface area contributed by atoms with Crippen LogP contribution in [0.4, 0.5) is 0 Å². The highest BCUT2D eigenvalue weighted by molar-refractivity contribution is 5.77. The summed E-state index contributed by atoms with van der Waals surface area (Å²) in [5.74, 6) is -0.258. The van der Waals surface area contributed by atoms with Crippen molar-refractivity contribution in [3.63, 3.8) is 0 Å². The van der Waals surface area contributed by atoms with E-state index in [4.69, 9.17) is 4.74 Å². The zero-order chi connectivity index (χ0) is 17.7. The highest BCUT2D eigenvalue weighted by atomic mass is 16.5. The Bertz CT molecular complexity index is 588. The second-order valence-electron chi connectivity index (χ2n) is 6.34. The molecule has 1 aliphatic rings. The van der Waals surface area contributed by atoms with Gasteiger partial charge in [0.25, 0.3) is 0 Å². The second-order valence-corrected chi connectivity index (χ2v) is 6.34. The van der Waals surface area contributed by atoms with E-state index >= 15 is 0 Å². The standard InChI is InChI=1S/C18H26N2O4/c1-13(2)24-16-8-5-4-7-15(16)17(18(22)23)20-10-6-9-19(11-12-20)14(3)21/h4-5,7-8,13,17H,6,9-12H2,1-3H3,(H,22,23). The molecule has 1 atom stereocenters. The molecule has 2 rings (SSSR count). The molecule has 1 fully saturated rings. The molecule has 0 spiro atoms. The minimum Gasteiger partial charge on any atom is -0.491 e. The number of carbonyl (C=O) groups is 2. The van der Waals surface area contributed by atoms with E-state index in [1.54, 1.807) is 11.8 Å². The van der Waals surface area contributed by atoms with Gasteiger partial charge in [-0.05, 0) is 26.3 Å². The number of rotatable bonds is 5. The molecule has 6 heteroatoms. The number of ether oxygens (including phenoxy) is 1. The Morgan fingerprint density at radius 2 is 1.83 bits per heavy atom. The number of benzene rings is 1. The smallest absolute Gasteiger partial charge is 0.325 e. The van der Waals surface area contributed by atoms with Crippen molar-refractivity contribution in [2.24, 2.45) is 0 Å². The number of para-hydroxylation sites is 1. The summed E-state index contributed by atoms with van der Waals surface area (Å²) in [7, 11) is 0. The predicted octanol–water partition coefficient (Wildman–Crippen LogP) is 2.15. The minimum absolute atomic E-state index is 0.0297. The van der Waals surface area contributed by atoms with E-state index < -0.39 is 12.0 Å². The molecule has 1 saturated heterocycles. The van der Waals surface area contributed by atoms with Crippen LogP contribution in [-0.2, 0) is 9.59 Å². The van der Waals surface area contributed by atoms with Crippen molar-refractivity contribution in [1.29, 1.82) is 0 Å². The second kappa shape index (κ2) is 8.15. The lowest BCUT2D eigenvalue weighted by molar-refractivity contribution is -0.143. The topological polar surface area (TPSA) is 70.1 Å². The lowest BCUT2D eigenvalue weighted by atomic mass is 10.0. The number of nitrogens with zero attached hydrogens (tertiary/aromatic N) is 2. The van der Waals surface area contributed by atoms with Crippen LogP contribution in [0.25, 0.3) is 0 Å². The molecule has 0 bridgehead atoms. The van der Waals surface area contributed by atoms with Crippen LogP contribution >= 0.6 is 0 Å². The van der Waals surface area contributed by atoms with Gasteiger partial charge >= 0.3 is 5.97 Å². The van der Waals surface area contributed by atoms with Gasteiger partial charge < -0.3 is 14.7 Å². The lowest BCUT2D eigenvalue weighted by Crippen LogP contribution is -2.38. The quantitative estimate of drug-likeness (QED) is 0.893. The zero-order valence-corrected chi connectivity index (χ0v) is 14.6. The fourth-order valence-electron chi connectivity index (χ4n) is 3.06. The highest BCUT2D eigenvalue weighted by Crippen LogP contribution is 2.31. The van der Waals surface area contributed by atoms with Crippen molar-refractivity contribution in [2.45, 2.75) is 39.3 Å². The summed E-state index contributed by atoms with van der Waals surface area (Å²) in [5.41, 5.74) is 0.662. The van der Waals surface area contributed by atoms with Gasteiger partial charge in [0, 0.05) is 38.7 Å². The fraction of sp³-hybridized carbons (Fsp3) is 0.556. The summed E-state index contributed by atoms with van der Waals surface area (Å²) < 4.78 is 5.80. The van der Waals surface area contributed by atoms with Gasteiger partial charge in [0.15, 0.2) is 0 Å². The lowest BCUT2D eigenvalue weighted by Gasteiger charge is -2.29. The summed E-state index contributed by atoms with van der Waals surface area (Å²) >= 11 is 0. The number of hydrogen-bond acceptors (Lipinski definition) is 4. The van der Waals surface area contributed by atoms with Crippen LogP contribution in [0.2, 0.25) is 0 Å². The van der Waals surface area contributed by atoms with Crippen LogP contribution in [-0.4, -0.2) is 59.1 Å². The Kier molecular flexibility index (Phi) is 6.20. The number of carboxylic acids is 1. The molecular weight excluding hydrogens is 308 g/mol. The number of amides is 1. The van der Waals surface area contributed by atoms with Crippen LogP contribution in [0.1, 0.15) is 38.8 Å². The van der Waals surface area contributed by atoms with Crippen LogP contribution in [0.5, 0.6) is 5.75 Å². The van der Waals surface area contributed by atoms with Gasteiger partial charge in [0.2, 0.25) is 5.91 Å². The molecule has 0 saturated carbocycles. The Labute approximate surface area is 143 Å². The first-order valence-corrected chi connectivity index (χ1v) is 8.38. The highest BCUT2D eigenvalue weighted by Gasteiger charge is 2.31. The molecule has 1 unspecified atom stereocenters. The number of aliphatic carboxylic acids is 1. The maximum atomic E-state index is 12.0. The van der Waals surface area contributed by atoms with Crippen LogP contribution in [0.3, 0.4) is 0 Å². The third kappa shape index (κ3) is 4.47. The van der Waals surface area contributed by atoms with E-state index in [0.29, 0.717) is 37.5 Å². The fourth-order valence-corrected chi connectivity index (χ4v) is 3.06. The molecule has 1 heterocycles. The summed E-state index contributed by atoms with van der Waals surface area (Å²) in [6, 6.07) is 6.53. The van der Waals surface area contributed by atoms with Crippen molar-refractivity contribution < 1.29 is 19.4 Å². The van der Waals surface area contributed by atoms with Gasteiger partial charge in [-0.2, -0.15) is 0 Å². The normalized spacial score (nSPS) is 17.4. The largest absolute Gasteiger partial charge is 0.491 e. The van der Waals surface area contributed by atoms with Crippen LogP contribution in [0.15, 0.2) is 24.3 Å².